The van der Waals surface area contributed by atoms with Crippen LogP contribution in [-0.4, -0.2) is 26.2 Å². The normalized spacial score (nSPS) is 15.7. The maximum Gasteiger partial charge on any atom is 0.174 e. The van der Waals surface area contributed by atoms with Gasteiger partial charge in [-0.25, -0.2) is 0 Å². The summed E-state index contributed by atoms with van der Waals surface area (Å²) < 4.78 is 5.93. The lowest BCUT2D eigenvalue weighted by molar-refractivity contribution is 0.0841. The van der Waals surface area contributed by atoms with Gasteiger partial charge in [-0.1, -0.05) is 31.6 Å². The Hall–Kier alpha value is -3.41. The Kier molecular flexibility index (Phi) is 5.77. The highest BCUT2D eigenvalue weighted by Crippen LogP contribution is 2.47. The van der Waals surface area contributed by atoms with Gasteiger partial charge in [0.25, 0.3) is 0 Å². The molecule has 1 aliphatic heterocycles. The van der Waals surface area contributed by atoms with Gasteiger partial charge in [-0.3, -0.25) is 4.79 Å². The third kappa shape index (κ3) is 4.10. The molecule has 6 heteroatoms. The molecule has 0 amide bonds. The Bertz CT molecular complexity index is 1090. The van der Waals surface area contributed by atoms with Gasteiger partial charge >= 0.3 is 0 Å². The average molecular weight is 424 g/mol. The van der Waals surface area contributed by atoms with E-state index in [-0.39, 0.29) is 58.5 Å². The van der Waals surface area contributed by atoms with E-state index >= 15 is 0 Å². The van der Waals surface area contributed by atoms with Crippen LogP contribution in [0, 0.1) is 0 Å². The summed E-state index contributed by atoms with van der Waals surface area (Å²) in [5.74, 6) is -1.08. The number of fused-ring (bicyclic) bond motifs is 1. The van der Waals surface area contributed by atoms with E-state index in [2.05, 4.69) is 6.58 Å². The first-order chi connectivity index (χ1) is 14.5. The monoisotopic (exact) mass is 424 g/mol. The molecule has 0 fully saturated rings. The van der Waals surface area contributed by atoms with Crippen molar-refractivity contribution in [1.29, 1.82) is 0 Å². The fraction of sp³-hybridized carbons (Fsp3) is 0.320. The van der Waals surface area contributed by atoms with Crippen LogP contribution >= 0.6 is 0 Å². The third-order valence-electron chi connectivity index (χ3n) is 5.68. The summed E-state index contributed by atoms with van der Waals surface area (Å²) in [5, 5.41) is 41.8. The number of Topliss-reactive ketones (excluding diaryl/α,β-unsaturated/α-hetero) is 1. The van der Waals surface area contributed by atoms with Crippen molar-refractivity contribution in [1.82, 2.24) is 0 Å². The van der Waals surface area contributed by atoms with E-state index in [1.54, 1.807) is 12.1 Å². The molecule has 0 saturated carbocycles. The maximum absolute atomic E-state index is 12.9. The molecule has 31 heavy (non-hydrogen) atoms. The van der Waals surface area contributed by atoms with Gasteiger partial charge in [0.2, 0.25) is 0 Å². The minimum absolute atomic E-state index is 0.0242. The van der Waals surface area contributed by atoms with E-state index in [0.29, 0.717) is 11.1 Å². The van der Waals surface area contributed by atoms with Gasteiger partial charge in [0, 0.05) is 34.2 Å². The van der Waals surface area contributed by atoms with Crippen molar-refractivity contribution in [3.8, 4) is 28.7 Å². The summed E-state index contributed by atoms with van der Waals surface area (Å²) in [5.41, 5.74) is 1.57. The van der Waals surface area contributed by atoms with E-state index in [9.17, 15) is 25.2 Å². The van der Waals surface area contributed by atoms with Gasteiger partial charge in [-0.05, 0) is 26.3 Å². The molecule has 2 aromatic rings. The van der Waals surface area contributed by atoms with Crippen LogP contribution in [0.4, 0.5) is 0 Å². The van der Waals surface area contributed by atoms with Crippen molar-refractivity contribution in [2.24, 2.45) is 0 Å². The van der Waals surface area contributed by atoms with E-state index in [0.717, 1.165) is 5.57 Å². The molecule has 164 valence electrons. The number of hydrogen-bond donors (Lipinski definition) is 4. The summed E-state index contributed by atoms with van der Waals surface area (Å²) in [6, 6.07) is 4.13. The Morgan fingerprint density at radius 2 is 1.81 bits per heavy atom. The number of phenolic OH excluding ortho intramolecular Hbond substituents is 4. The molecule has 6 nitrogen and oxygen atoms in total. The molecule has 3 rings (SSSR count). The number of carbonyl (C=O) groups is 1. The SMILES string of the molecule is C=CC(C)(C)c1cc(C2CC(=O)c3c(cc(O)c(CC=C(C)C)c3O)O2)c(O)cc1O. The molecule has 4 N–H and O–H groups in total. The van der Waals surface area contributed by atoms with Gasteiger partial charge in [0.1, 0.15) is 40.4 Å². The number of hydrogen-bond acceptors (Lipinski definition) is 6. The Labute approximate surface area is 181 Å². The number of rotatable bonds is 5. The van der Waals surface area contributed by atoms with Crippen molar-refractivity contribution in [3.05, 3.63) is 64.8 Å². The topological polar surface area (TPSA) is 107 Å². The van der Waals surface area contributed by atoms with Crippen molar-refractivity contribution in [2.75, 3.05) is 0 Å². The van der Waals surface area contributed by atoms with Crippen LogP contribution in [0.5, 0.6) is 28.7 Å². The molecule has 0 bridgehead atoms. The molecular weight excluding hydrogens is 396 g/mol. The van der Waals surface area contributed by atoms with Crippen molar-refractivity contribution in [2.45, 2.75) is 52.1 Å². The van der Waals surface area contributed by atoms with Gasteiger partial charge in [-0.15, -0.1) is 6.58 Å². The molecule has 1 unspecified atom stereocenters. The summed E-state index contributed by atoms with van der Waals surface area (Å²) >= 11 is 0. The molecule has 0 spiro atoms. The lowest BCUT2D eigenvalue weighted by atomic mass is 9.82. The number of aromatic hydroxyl groups is 4. The van der Waals surface area contributed by atoms with Crippen LogP contribution in [-0.2, 0) is 11.8 Å². The molecule has 1 aliphatic rings. The van der Waals surface area contributed by atoms with Gasteiger partial charge in [-0.2, -0.15) is 0 Å². The van der Waals surface area contributed by atoms with Crippen molar-refractivity contribution >= 4 is 5.78 Å². The number of allylic oxidation sites excluding steroid dienone is 3. The number of ketones is 1. The van der Waals surface area contributed by atoms with Gasteiger partial charge in [0.15, 0.2) is 5.78 Å². The second-order valence-corrected chi connectivity index (χ2v) is 8.67. The fourth-order valence-electron chi connectivity index (χ4n) is 3.66. The second kappa shape index (κ2) is 8.02. The van der Waals surface area contributed by atoms with Crippen LogP contribution in [0.1, 0.15) is 67.3 Å². The third-order valence-corrected chi connectivity index (χ3v) is 5.68. The number of phenols is 4. The summed E-state index contributed by atoms with van der Waals surface area (Å²) in [6.07, 6.45) is 2.84. The summed E-state index contributed by atoms with van der Waals surface area (Å²) in [6.45, 7) is 11.3. The second-order valence-electron chi connectivity index (χ2n) is 8.67. The largest absolute Gasteiger partial charge is 0.507 e. The number of carbonyl (C=O) groups excluding carboxylic acids is 1. The maximum atomic E-state index is 12.9. The minimum Gasteiger partial charge on any atom is -0.507 e. The minimum atomic E-state index is -0.845. The van der Waals surface area contributed by atoms with Crippen molar-refractivity contribution < 1.29 is 30.0 Å². The summed E-state index contributed by atoms with van der Waals surface area (Å²) in [4.78, 5) is 12.9. The van der Waals surface area contributed by atoms with Crippen molar-refractivity contribution in [3.63, 3.8) is 0 Å². The zero-order valence-corrected chi connectivity index (χ0v) is 18.2. The van der Waals surface area contributed by atoms with Crippen LogP contribution in [0.2, 0.25) is 0 Å². The quantitative estimate of drug-likeness (QED) is 0.492. The van der Waals surface area contributed by atoms with Gasteiger partial charge in [0.05, 0.1) is 6.42 Å². The summed E-state index contributed by atoms with van der Waals surface area (Å²) in [7, 11) is 0. The number of benzene rings is 2. The molecule has 0 aromatic heterocycles. The molecule has 1 atom stereocenters. The Balaban J connectivity index is 2.06. The zero-order chi connectivity index (χ0) is 23.1. The Morgan fingerprint density at radius 1 is 1.13 bits per heavy atom. The lowest BCUT2D eigenvalue weighted by Gasteiger charge is -2.29. The predicted octanol–water partition coefficient (Wildman–Crippen LogP) is 5.19. The van der Waals surface area contributed by atoms with E-state index in [1.807, 2.05) is 33.8 Å². The standard InChI is InChI=1S/C25H28O6/c1-6-25(4,5)16-9-15(17(26)10-19(16)28)21-12-20(29)23-22(31-21)11-18(27)14(24(23)30)8-7-13(2)3/h6-7,9-11,21,26-28,30H,1,8,12H2,2-5H3. The van der Waals surface area contributed by atoms with Crippen LogP contribution < -0.4 is 4.74 Å². The van der Waals surface area contributed by atoms with Gasteiger partial charge < -0.3 is 25.2 Å². The fourth-order valence-corrected chi connectivity index (χ4v) is 3.66. The highest BCUT2D eigenvalue weighted by Gasteiger charge is 2.35. The zero-order valence-electron chi connectivity index (χ0n) is 18.2. The first kappa shape index (κ1) is 22.3. The van der Waals surface area contributed by atoms with Crippen LogP contribution in [0.15, 0.2) is 42.5 Å². The first-order valence-electron chi connectivity index (χ1n) is 10.1. The molecule has 2 aromatic carbocycles. The van der Waals surface area contributed by atoms with E-state index < -0.39 is 11.5 Å². The predicted molar refractivity (Wildman–Crippen MR) is 118 cm³/mol. The van der Waals surface area contributed by atoms with E-state index in [1.165, 1.54) is 12.1 Å². The average Bonchev–Trinajstić information content (AvgIpc) is 2.66. The molecule has 0 radical (unpaired) electrons. The lowest BCUT2D eigenvalue weighted by Crippen LogP contribution is -2.22. The molecule has 0 saturated heterocycles. The highest BCUT2D eigenvalue weighted by atomic mass is 16.5. The molecule has 0 aliphatic carbocycles. The smallest absolute Gasteiger partial charge is 0.174 e. The molecular formula is C25H28O6. The van der Waals surface area contributed by atoms with Crippen LogP contribution in [0.3, 0.4) is 0 Å². The van der Waals surface area contributed by atoms with E-state index in [4.69, 9.17) is 4.74 Å². The Morgan fingerprint density at radius 3 is 2.42 bits per heavy atom. The van der Waals surface area contributed by atoms with Crippen LogP contribution in [0.25, 0.3) is 0 Å². The first-order valence-corrected chi connectivity index (χ1v) is 10.1. The number of ether oxygens (including phenoxy) is 1. The highest BCUT2D eigenvalue weighted by molar-refractivity contribution is 6.03. The molecule has 1 heterocycles.